The summed E-state index contributed by atoms with van der Waals surface area (Å²) in [5, 5.41) is 0.447. The third-order valence-corrected chi connectivity index (χ3v) is 3.95. The van der Waals surface area contributed by atoms with Gasteiger partial charge in [-0.3, -0.25) is 4.79 Å². The number of hydrogen-bond donors (Lipinski definition) is 0. The first kappa shape index (κ1) is 13.0. The topological polar surface area (TPSA) is 17.1 Å². The molecule has 0 radical (unpaired) electrons. The van der Waals surface area contributed by atoms with Crippen LogP contribution in [0.5, 0.6) is 0 Å². The number of hydrogen-bond acceptors (Lipinski definition) is 2. The Bertz CT molecular complexity index is 204. The van der Waals surface area contributed by atoms with E-state index >= 15 is 0 Å². The van der Waals surface area contributed by atoms with Crippen molar-refractivity contribution in [1.29, 1.82) is 0 Å². The molecule has 0 unspecified atom stereocenters. The zero-order valence-corrected chi connectivity index (χ0v) is 11.1. The van der Waals surface area contributed by atoms with Crippen molar-refractivity contribution >= 4 is 16.9 Å². The Kier molecular flexibility index (Phi) is 5.13. The monoisotopic (exact) mass is 230 g/mol. The maximum absolute atomic E-state index is 11.8. The lowest BCUT2D eigenvalue weighted by Gasteiger charge is -2.24. The van der Waals surface area contributed by atoms with Crippen LogP contribution in [-0.4, -0.2) is 43.0 Å². The molecule has 0 aliphatic heterocycles. The van der Waals surface area contributed by atoms with Crippen LogP contribution in [0.3, 0.4) is 0 Å². The number of quaternary nitrogens is 1. The summed E-state index contributed by atoms with van der Waals surface area (Å²) >= 11 is 1.56. The largest absolute Gasteiger partial charge is 0.330 e. The smallest absolute Gasteiger partial charge is 0.192 e. The highest BCUT2D eigenvalue weighted by atomic mass is 32.2. The number of carbonyl (C=O) groups excluding carboxylic acids is 1. The Morgan fingerprint density at radius 2 is 1.80 bits per heavy atom. The summed E-state index contributed by atoms with van der Waals surface area (Å²) in [4.78, 5) is 11.8. The standard InChI is InChI=1S/C12H24NOS/c1-13(2,3)9-10-15-12(14)11-7-5-4-6-8-11/h11H,4-10H2,1-3H3/q+1. The van der Waals surface area contributed by atoms with Gasteiger partial charge in [0.25, 0.3) is 0 Å². The van der Waals surface area contributed by atoms with Crippen molar-refractivity contribution in [3.63, 3.8) is 0 Å². The van der Waals surface area contributed by atoms with Gasteiger partial charge >= 0.3 is 0 Å². The first-order valence-electron chi connectivity index (χ1n) is 5.96. The van der Waals surface area contributed by atoms with Crippen LogP contribution in [0.1, 0.15) is 32.1 Å². The summed E-state index contributed by atoms with van der Waals surface area (Å²) < 4.78 is 0.949. The summed E-state index contributed by atoms with van der Waals surface area (Å²) in [6, 6.07) is 0. The fraction of sp³-hybridized carbons (Fsp3) is 0.917. The van der Waals surface area contributed by atoms with Gasteiger partial charge < -0.3 is 4.48 Å². The molecule has 1 fully saturated rings. The maximum atomic E-state index is 11.8. The van der Waals surface area contributed by atoms with Crippen LogP contribution in [0.4, 0.5) is 0 Å². The van der Waals surface area contributed by atoms with E-state index in [1.54, 1.807) is 11.8 Å². The number of thioether (sulfide) groups is 1. The number of rotatable bonds is 4. The van der Waals surface area contributed by atoms with E-state index in [0.29, 0.717) is 11.0 Å². The molecule has 0 aromatic carbocycles. The summed E-state index contributed by atoms with van der Waals surface area (Å²) in [6.07, 6.45) is 6.11. The Hall–Kier alpha value is -0.0200. The van der Waals surface area contributed by atoms with Gasteiger partial charge in [0.15, 0.2) is 5.12 Å². The van der Waals surface area contributed by atoms with Gasteiger partial charge in [-0.25, -0.2) is 0 Å². The molecule has 0 saturated heterocycles. The molecule has 0 N–H and O–H groups in total. The molecule has 0 heterocycles. The van der Waals surface area contributed by atoms with Crippen LogP contribution < -0.4 is 0 Å². The van der Waals surface area contributed by atoms with Crippen molar-refractivity contribution < 1.29 is 9.28 Å². The number of carbonyl (C=O) groups is 1. The van der Waals surface area contributed by atoms with E-state index in [1.807, 2.05) is 0 Å². The van der Waals surface area contributed by atoms with Crippen LogP contribution in [0.2, 0.25) is 0 Å². The molecule has 0 aromatic rings. The van der Waals surface area contributed by atoms with Crippen molar-refractivity contribution in [2.24, 2.45) is 5.92 Å². The van der Waals surface area contributed by atoms with E-state index in [0.717, 1.165) is 29.6 Å². The lowest BCUT2D eigenvalue weighted by molar-refractivity contribution is -0.867. The molecule has 15 heavy (non-hydrogen) atoms. The van der Waals surface area contributed by atoms with Gasteiger partial charge in [-0.2, -0.15) is 0 Å². The molecular formula is C12H24NOS+. The fourth-order valence-electron chi connectivity index (χ4n) is 1.88. The Balaban J connectivity index is 2.17. The summed E-state index contributed by atoms with van der Waals surface area (Å²) in [7, 11) is 6.52. The molecule has 0 amide bonds. The minimum atomic E-state index is 0.371. The highest BCUT2D eigenvalue weighted by Gasteiger charge is 2.21. The van der Waals surface area contributed by atoms with Gasteiger partial charge in [-0.05, 0) is 12.8 Å². The quantitative estimate of drug-likeness (QED) is 0.690. The van der Waals surface area contributed by atoms with Crippen LogP contribution in [0, 0.1) is 5.92 Å². The molecular weight excluding hydrogens is 206 g/mol. The second-order valence-electron chi connectivity index (χ2n) is 5.52. The molecule has 1 aliphatic carbocycles. The molecule has 88 valence electrons. The number of nitrogens with zero attached hydrogens (tertiary/aromatic N) is 1. The van der Waals surface area contributed by atoms with Crippen LogP contribution in [-0.2, 0) is 4.79 Å². The SMILES string of the molecule is C[N+](C)(C)CCSC(=O)C1CCCCC1. The fourth-order valence-corrected chi connectivity index (χ4v) is 3.19. The second kappa shape index (κ2) is 5.90. The lowest BCUT2D eigenvalue weighted by atomic mass is 9.90. The van der Waals surface area contributed by atoms with Gasteiger partial charge in [0.2, 0.25) is 0 Å². The summed E-state index contributed by atoms with van der Waals surface area (Å²) in [5.74, 6) is 1.34. The molecule has 1 aliphatic rings. The maximum Gasteiger partial charge on any atom is 0.192 e. The predicted molar refractivity (Wildman–Crippen MR) is 66.9 cm³/mol. The zero-order chi connectivity index (χ0) is 11.3. The minimum absolute atomic E-state index is 0.371. The van der Waals surface area contributed by atoms with Crippen molar-refractivity contribution in [2.45, 2.75) is 32.1 Å². The van der Waals surface area contributed by atoms with Crippen LogP contribution in [0.15, 0.2) is 0 Å². The minimum Gasteiger partial charge on any atom is -0.330 e. The van der Waals surface area contributed by atoms with E-state index in [1.165, 1.54) is 19.3 Å². The lowest BCUT2D eigenvalue weighted by Crippen LogP contribution is -2.36. The van der Waals surface area contributed by atoms with Crippen molar-refractivity contribution in [2.75, 3.05) is 33.4 Å². The van der Waals surface area contributed by atoms with E-state index < -0.39 is 0 Å². The van der Waals surface area contributed by atoms with Gasteiger partial charge in [0.05, 0.1) is 33.4 Å². The van der Waals surface area contributed by atoms with E-state index in [-0.39, 0.29) is 0 Å². The molecule has 0 atom stereocenters. The predicted octanol–water partition coefficient (Wildman–Crippen LogP) is 2.53. The normalized spacial score (nSPS) is 19.1. The zero-order valence-electron chi connectivity index (χ0n) is 10.3. The van der Waals surface area contributed by atoms with E-state index in [4.69, 9.17) is 0 Å². The van der Waals surface area contributed by atoms with E-state index in [2.05, 4.69) is 21.1 Å². The van der Waals surface area contributed by atoms with E-state index in [9.17, 15) is 4.79 Å². The molecule has 0 aromatic heterocycles. The van der Waals surface area contributed by atoms with Gasteiger partial charge in [0.1, 0.15) is 0 Å². The van der Waals surface area contributed by atoms with Crippen molar-refractivity contribution in [3.05, 3.63) is 0 Å². The van der Waals surface area contributed by atoms with Gasteiger partial charge in [-0.15, -0.1) is 0 Å². The highest BCUT2D eigenvalue weighted by Crippen LogP contribution is 2.27. The third kappa shape index (κ3) is 5.57. The Morgan fingerprint density at radius 1 is 1.20 bits per heavy atom. The summed E-state index contributed by atoms with van der Waals surface area (Å²) in [5.41, 5.74) is 0. The molecule has 1 saturated carbocycles. The first-order chi connectivity index (χ1) is 6.99. The molecule has 0 bridgehead atoms. The third-order valence-electron chi connectivity index (χ3n) is 2.94. The molecule has 0 spiro atoms. The van der Waals surface area contributed by atoms with Crippen molar-refractivity contribution in [1.82, 2.24) is 0 Å². The van der Waals surface area contributed by atoms with Crippen LogP contribution in [0.25, 0.3) is 0 Å². The average molecular weight is 230 g/mol. The summed E-state index contributed by atoms with van der Waals surface area (Å²) in [6.45, 7) is 1.07. The van der Waals surface area contributed by atoms with Gasteiger partial charge in [-0.1, -0.05) is 31.0 Å². The van der Waals surface area contributed by atoms with Crippen molar-refractivity contribution in [3.8, 4) is 0 Å². The van der Waals surface area contributed by atoms with Crippen LogP contribution >= 0.6 is 11.8 Å². The highest BCUT2D eigenvalue weighted by molar-refractivity contribution is 8.13. The Labute approximate surface area is 98.0 Å². The molecule has 2 nitrogen and oxygen atoms in total. The molecule has 1 rings (SSSR count). The Morgan fingerprint density at radius 3 is 2.33 bits per heavy atom. The first-order valence-corrected chi connectivity index (χ1v) is 6.95. The average Bonchev–Trinajstić information content (AvgIpc) is 2.17. The van der Waals surface area contributed by atoms with Gasteiger partial charge in [0, 0.05) is 5.92 Å². The second-order valence-corrected chi connectivity index (χ2v) is 6.62. The molecule has 3 heteroatoms.